The van der Waals surface area contributed by atoms with Crippen LogP contribution in [0.15, 0.2) is 94.1 Å². The third kappa shape index (κ3) is 3.51. The normalized spacial score (nSPS) is 18.2. The van der Waals surface area contributed by atoms with Crippen molar-refractivity contribution in [2.24, 2.45) is 0 Å². The van der Waals surface area contributed by atoms with Crippen LogP contribution in [0.2, 0.25) is 0 Å². The number of aryl methyl sites for hydroxylation is 1. The molecule has 4 aromatic carbocycles. The average molecular weight is 575 g/mol. The topological polar surface area (TPSA) is 89.3 Å². The second-order valence-electron chi connectivity index (χ2n) is 11.0. The molecule has 212 valence electrons. The Morgan fingerprint density at radius 2 is 1.60 bits per heavy atom. The van der Waals surface area contributed by atoms with Crippen LogP contribution in [-0.4, -0.2) is 23.5 Å². The lowest BCUT2D eigenvalue weighted by molar-refractivity contribution is -0.126. The second-order valence-corrected chi connectivity index (χ2v) is 11.0. The zero-order valence-electron chi connectivity index (χ0n) is 22.9. The van der Waals surface area contributed by atoms with Gasteiger partial charge in [-0.1, -0.05) is 48.0 Å². The van der Waals surface area contributed by atoms with Crippen LogP contribution >= 0.6 is 0 Å². The van der Waals surface area contributed by atoms with Crippen molar-refractivity contribution in [2.45, 2.75) is 25.6 Å². The first kappa shape index (κ1) is 25.3. The number of fused-ring (bicyclic) bond motifs is 6. The predicted molar refractivity (Wildman–Crippen MR) is 154 cm³/mol. The van der Waals surface area contributed by atoms with Crippen LogP contribution in [0.4, 0.5) is 10.1 Å². The Bertz CT molecular complexity index is 2070. The standard InChI is InChI=1S/C34H23FN2O6/c1-19-6-12-26-23(14-19)30(38)29-31(43-26)32(39)37(17-21-9-13-27-28(15-21)42-18-41-27)34(29)24-4-2-3-5-25(24)36(33(34)40)16-20-7-10-22(35)11-8-20/h2-15H,16-18H2,1H3. The maximum atomic E-state index is 14.9. The van der Waals surface area contributed by atoms with Gasteiger partial charge in [0.15, 0.2) is 22.5 Å². The molecule has 0 radical (unpaired) electrons. The van der Waals surface area contributed by atoms with Crippen molar-refractivity contribution >= 4 is 28.5 Å². The van der Waals surface area contributed by atoms with Gasteiger partial charge in [-0.2, -0.15) is 0 Å². The Labute approximate surface area is 244 Å². The summed E-state index contributed by atoms with van der Waals surface area (Å²) in [5.41, 5.74) is 1.29. The highest BCUT2D eigenvalue weighted by atomic mass is 19.1. The molecule has 9 heteroatoms. The maximum absolute atomic E-state index is 14.9. The van der Waals surface area contributed by atoms with E-state index in [0.717, 1.165) is 5.56 Å². The van der Waals surface area contributed by atoms with Crippen molar-refractivity contribution in [3.63, 3.8) is 0 Å². The summed E-state index contributed by atoms with van der Waals surface area (Å²) in [6.07, 6.45) is 0. The molecule has 1 aromatic heterocycles. The molecule has 2 amide bonds. The van der Waals surface area contributed by atoms with Crippen molar-refractivity contribution in [1.82, 2.24) is 4.90 Å². The Balaban J connectivity index is 1.38. The summed E-state index contributed by atoms with van der Waals surface area (Å²) in [5.74, 6) is -0.473. The van der Waals surface area contributed by atoms with Gasteiger partial charge in [0.05, 0.1) is 23.2 Å². The molecule has 8 nitrogen and oxygen atoms in total. The molecule has 0 N–H and O–H groups in total. The Morgan fingerprint density at radius 3 is 2.44 bits per heavy atom. The van der Waals surface area contributed by atoms with Crippen molar-refractivity contribution in [3.05, 3.63) is 135 Å². The van der Waals surface area contributed by atoms with E-state index in [1.54, 1.807) is 77.7 Å². The van der Waals surface area contributed by atoms with E-state index < -0.39 is 28.6 Å². The fourth-order valence-corrected chi connectivity index (χ4v) is 6.48. The highest BCUT2D eigenvalue weighted by Crippen LogP contribution is 2.53. The number of carbonyl (C=O) groups excluding carboxylic acids is 2. The van der Waals surface area contributed by atoms with E-state index in [0.29, 0.717) is 33.9 Å². The predicted octanol–water partition coefficient (Wildman–Crippen LogP) is 5.42. The van der Waals surface area contributed by atoms with E-state index in [4.69, 9.17) is 13.9 Å². The smallest absolute Gasteiger partial charge is 0.291 e. The van der Waals surface area contributed by atoms with E-state index in [9.17, 15) is 18.8 Å². The first-order valence-corrected chi connectivity index (χ1v) is 13.8. The number of amides is 2. The van der Waals surface area contributed by atoms with Gasteiger partial charge in [-0.05, 0) is 60.5 Å². The summed E-state index contributed by atoms with van der Waals surface area (Å²) in [4.78, 5) is 46.7. The molecule has 43 heavy (non-hydrogen) atoms. The van der Waals surface area contributed by atoms with Crippen LogP contribution in [0, 0.1) is 12.7 Å². The van der Waals surface area contributed by atoms with Gasteiger partial charge in [-0.3, -0.25) is 14.4 Å². The number of para-hydroxylation sites is 1. The molecule has 3 aliphatic heterocycles. The Hall–Kier alpha value is -5.44. The number of ether oxygens (including phenoxy) is 2. The van der Waals surface area contributed by atoms with Crippen LogP contribution in [0.5, 0.6) is 11.5 Å². The lowest BCUT2D eigenvalue weighted by atomic mass is 9.83. The molecule has 5 aromatic rings. The van der Waals surface area contributed by atoms with Gasteiger partial charge in [-0.15, -0.1) is 0 Å². The number of rotatable bonds is 4. The van der Waals surface area contributed by atoms with Crippen molar-refractivity contribution in [3.8, 4) is 11.5 Å². The molecule has 1 atom stereocenters. The molecule has 0 saturated heterocycles. The SMILES string of the molecule is Cc1ccc2oc3c(c(=O)c2c1)C1(C(=O)N(Cc2ccc(F)cc2)c2ccccc21)N(Cc1ccc2c(c1)OCO2)C3=O. The third-order valence-electron chi connectivity index (χ3n) is 8.42. The highest BCUT2D eigenvalue weighted by molar-refractivity contribution is 6.17. The molecule has 1 spiro atoms. The number of nitrogens with zero attached hydrogens (tertiary/aromatic N) is 2. The molecule has 1 unspecified atom stereocenters. The number of anilines is 1. The molecule has 0 saturated carbocycles. The summed E-state index contributed by atoms with van der Waals surface area (Å²) >= 11 is 0. The van der Waals surface area contributed by atoms with Gasteiger partial charge in [0.1, 0.15) is 11.4 Å². The molecular formula is C34H23FN2O6. The van der Waals surface area contributed by atoms with E-state index in [2.05, 4.69) is 0 Å². The monoisotopic (exact) mass is 574 g/mol. The number of halogens is 1. The van der Waals surface area contributed by atoms with Crippen LogP contribution in [0.25, 0.3) is 11.0 Å². The summed E-state index contributed by atoms with van der Waals surface area (Å²) < 4.78 is 30.9. The molecule has 0 fully saturated rings. The molecule has 8 rings (SSSR count). The van der Waals surface area contributed by atoms with Gasteiger partial charge in [0, 0.05) is 12.1 Å². The summed E-state index contributed by atoms with van der Waals surface area (Å²) in [7, 11) is 0. The lowest BCUT2D eigenvalue weighted by Gasteiger charge is -2.34. The van der Waals surface area contributed by atoms with Gasteiger partial charge in [0.2, 0.25) is 12.6 Å². The minimum absolute atomic E-state index is 0.00426. The minimum atomic E-state index is -1.79. The van der Waals surface area contributed by atoms with Crippen molar-refractivity contribution < 1.29 is 27.9 Å². The number of carbonyl (C=O) groups is 2. The van der Waals surface area contributed by atoms with Crippen molar-refractivity contribution in [1.29, 1.82) is 0 Å². The van der Waals surface area contributed by atoms with Gasteiger partial charge >= 0.3 is 0 Å². The molecule has 4 heterocycles. The molecule has 3 aliphatic rings. The van der Waals surface area contributed by atoms with Crippen LogP contribution < -0.4 is 19.8 Å². The van der Waals surface area contributed by atoms with Crippen molar-refractivity contribution in [2.75, 3.05) is 11.7 Å². The zero-order valence-corrected chi connectivity index (χ0v) is 22.9. The minimum Gasteiger partial charge on any atom is -0.454 e. The maximum Gasteiger partial charge on any atom is 0.291 e. The van der Waals surface area contributed by atoms with E-state index in [1.165, 1.54) is 17.0 Å². The number of hydrogen-bond donors (Lipinski definition) is 0. The average Bonchev–Trinajstić information content (AvgIpc) is 3.65. The second kappa shape index (κ2) is 9.03. The quantitative estimate of drug-likeness (QED) is 0.285. The summed E-state index contributed by atoms with van der Waals surface area (Å²) in [6.45, 7) is 2.04. The number of benzene rings is 4. The van der Waals surface area contributed by atoms with Gasteiger partial charge in [0.25, 0.3) is 11.8 Å². The van der Waals surface area contributed by atoms with Gasteiger partial charge < -0.3 is 23.7 Å². The van der Waals surface area contributed by atoms with Crippen LogP contribution in [-0.2, 0) is 23.4 Å². The lowest BCUT2D eigenvalue weighted by Crippen LogP contribution is -2.52. The zero-order chi connectivity index (χ0) is 29.5. The van der Waals surface area contributed by atoms with E-state index in [-0.39, 0.29) is 42.2 Å². The number of hydrogen-bond acceptors (Lipinski definition) is 6. The summed E-state index contributed by atoms with van der Waals surface area (Å²) in [6, 6.07) is 23.5. The Kier molecular flexibility index (Phi) is 5.31. The molecule has 0 aliphatic carbocycles. The fourth-order valence-electron chi connectivity index (χ4n) is 6.48. The van der Waals surface area contributed by atoms with Crippen LogP contribution in [0.3, 0.4) is 0 Å². The highest BCUT2D eigenvalue weighted by Gasteiger charge is 2.65. The summed E-state index contributed by atoms with van der Waals surface area (Å²) in [5, 5.41) is 0.290. The largest absolute Gasteiger partial charge is 0.454 e. The van der Waals surface area contributed by atoms with E-state index in [1.807, 2.05) is 6.92 Å². The first-order valence-electron chi connectivity index (χ1n) is 13.8. The Morgan fingerprint density at radius 1 is 0.837 bits per heavy atom. The van der Waals surface area contributed by atoms with Crippen LogP contribution in [0.1, 0.15) is 38.4 Å². The third-order valence-corrected chi connectivity index (χ3v) is 8.42. The molecular weight excluding hydrogens is 551 g/mol. The van der Waals surface area contributed by atoms with E-state index >= 15 is 0 Å². The molecule has 0 bridgehead atoms. The fraction of sp³-hybridized carbons (Fsp3) is 0.147. The van der Waals surface area contributed by atoms with Gasteiger partial charge in [-0.25, -0.2) is 4.39 Å². The first-order chi connectivity index (χ1) is 20.9.